The van der Waals surface area contributed by atoms with Gasteiger partial charge in [0, 0.05) is 38.9 Å². The van der Waals surface area contributed by atoms with Crippen molar-refractivity contribution in [1.29, 1.82) is 0 Å². The fourth-order valence-corrected chi connectivity index (χ4v) is 3.33. The Bertz CT molecular complexity index is 736. The summed E-state index contributed by atoms with van der Waals surface area (Å²) in [6.07, 6.45) is 1.03. The van der Waals surface area contributed by atoms with Gasteiger partial charge in [0.15, 0.2) is 5.72 Å². The maximum Gasteiger partial charge on any atom is 0.258 e. The molecule has 0 radical (unpaired) electrons. The summed E-state index contributed by atoms with van der Waals surface area (Å²) >= 11 is 0. The standard InChI is InChI=1S/C19H26N4O4/c1-22(2)12-10-20-16(24)13-23-11-9-19(8-7-17(23)25)21-18(26)14-5-3-4-6-15(14)27-19/h3-6H,7-13H2,1-2H3,(H,20,24)(H,21,26)/t19-/m1/s1. The molecule has 1 fully saturated rings. The van der Waals surface area contributed by atoms with Crippen molar-refractivity contribution in [2.24, 2.45) is 0 Å². The van der Waals surface area contributed by atoms with E-state index in [4.69, 9.17) is 4.74 Å². The number of benzene rings is 1. The molecule has 1 aromatic carbocycles. The molecule has 146 valence electrons. The van der Waals surface area contributed by atoms with Gasteiger partial charge in [-0.2, -0.15) is 0 Å². The van der Waals surface area contributed by atoms with Crippen LogP contribution < -0.4 is 15.4 Å². The van der Waals surface area contributed by atoms with E-state index in [0.717, 1.165) is 6.54 Å². The van der Waals surface area contributed by atoms with Crippen molar-refractivity contribution < 1.29 is 19.1 Å². The fourth-order valence-electron chi connectivity index (χ4n) is 3.33. The van der Waals surface area contributed by atoms with Gasteiger partial charge >= 0.3 is 0 Å². The number of carbonyl (C=O) groups excluding carboxylic acids is 3. The first kappa shape index (κ1) is 19.2. The smallest absolute Gasteiger partial charge is 0.258 e. The number of hydrogen-bond donors (Lipinski definition) is 2. The lowest BCUT2D eigenvalue weighted by Gasteiger charge is -2.38. The number of rotatable bonds is 5. The molecular weight excluding hydrogens is 348 g/mol. The monoisotopic (exact) mass is 374 g/mol. The van der Waals surface area contributed by atoms with E-state index in [0.29, 0.717) is 37.2 Å². The lowest BCUT2D eigenvalue weighted by atomic mass is 10.0. The van der Waals surface area contributed by atoms with E-state index in [1.165, 1.54) is 4.90 Å². The highest BCUT2D eigenvalue weighted by atomic mass is 16.5. The molecule has 2 heterocycles. The average molecular weight is 374 g/mol. The molecule has 8 nitrogen and oxygen atoms in total. The molecule has 3 amide bonds. The molecule has 3 rings (SSSR count). The van der Waals surface area contributed by atoms with Crippen molar-refractivity contribution in [3.63, 3.8) is 0 Å². The highest BCUT2D eigenvalue weighted by Gasteiger charge is 2.42. The highest BCUT2D eigenvalue weighted by molar-refractivity contribution is 5.98. The van der Waals surface area contributed by atoms with Crippen LogP contribution in [0.3, 0.4) is 0 Å². The summed E-state index contributed by atoms with van der Waals surface area (Å²) in [5, 5.41) is 5.74. The maximum absolute atomic E-state index is 12.5. The summed E-state index contributed by atoms with van der Waals surface area (Å²) < 4.78 is 6.09. The van der Waals surface area contributed by atoms with Gasteiger partial charge in [-0.1, -0.05) is 12.1 Å². The molecule has 0 unspecified atom stereocenters. The van der Waals surface area contributed by atoms with E-state index in [-0.39, 0.29) is 30.7 Å². The molecule has 8 heteroatoms. The minimum Gasteiger partial charge on any atom is -0.467 e. The van der Waals surface area contributed by atoms with Crippen LogP contribution in [0.1, 0.15) is 29.6 Å². The third kappa shape index (κ3) is 4.57. The number of amides is 3. The first-order valence-corrected chi connectivity index (χ1v) is 9.18. The van der Waals surface area contributed by atoms with Gasteiger partial charge in [-0.05, 0) is 26.2 Å². The van der Waals surface area contributed by atoms with Gasteiger partial charge in [-0.3, -0.25) is 14.4 Å². The quantitative estimate of drug-likeness (QED) is 0.768. The zero-order valence-corrected chi connectivity index (χ0v) is 15.8. The van der Waals surface area contributed by atoms with Gasteiger partial charge in [0.05, 0.1) is 12.1 Å². The van der Waals surface area contributed by atoms with Crippen LogP contribution in [-0.2, 0) is 9.59 Å². The number of likely N-dealkylation sites (N-methyl/N-ethyl adjacent to an activating group) is 1. The molecule has 1 saturated heterocycles. The molecular formula is C19H26N4O4. The Morgan fingerprint density at radius 2 is 2.07 bits per heavy atom. The molecule has 2 N–H and O–H groups in total. The number of fused-ring (bicyclic) bond motifs is 1. The minimum atomic E-state index is -0.906. The molecule has 0 saturated carbocycles. The second-order valence-corrected chi connectivity index (χ2v) is 7.27. The van der Waals surface area contributed by atoms with E-state index >= 15 is 0 Å². The lowest BCUT2D eigenvalue weighted by Crippen LogP contribution is -2.56. The Kier molecular flexibility index (Phi) is 5.65. The normalized spacial score (nSPS) is 22.1. The molecule has 0 aliphatic carbocycles. The molecule has 0 bridgehead atoms. The van der Waals surface area contributed by atoms with Gasteiger partial charge in [0.1, 0.15) is 5.75 Å². The molecule has 1 aromatic rings. The summed E-state index contributed by atoms with van der Waals surface area (Å²) in [5.41, 5.74) is -0.409. The average Bonchev–Trinajstić information content (AvgIpc) is 2.76. The van der Waals surface area contributed by atoms with Gasteiger partial charge in [-0.25, -0.2) is 0 Å². The first-order valence-electron chi connectivity index (χ1n) is 9.18. The SMILES string of the molecule is CN(C)CCNC(=O)CN1CC[C@]2(CCC1=O)NC(=O)c1ccccc1O2. The van der Waals surface area contributed by atoms with Gasteiger partial charge in [0.25, 0.3) is 5.91 Å². The van der Waals surface area contributed by atoms with Crippen LogP contribution in [0.25, 0.3) is 0 Å². The van der Waals surface area contributed by atoms with E-state index < -0.39 is 5.72 Å². The van der Waals surface area contributed by atoms with Crippen LogP contribution in [-0.4, -0.2) is 73.5 Å². The van der Waals surface area contributed by atoms with Gasteiger partial charge in [0.2, 0.25) is 11.8 Å². The van der Waals surface area contributed by atoms with Crippen molar-refractivity contribution in [3.8, 4) is 5.75 Å². The molecule has 1 spiro atoms. The Labute approximate surface area is 158 Å². The highest BCUT2D eigenvalue weighted by Crippen LogP contribution is 2.33. The molecule has 0 aromatic heterocycles. The Morgan fingerprint density at radius 1 is 1.30 bits per heavy atom. The Hall–Kier alpha value is -2.61. The van der Waals surface area contributed by atoms with Crippen molar-refractivity contribution in [1.82, 2.24) is 20.4 Å². The van der Waals surface area contributed by atoms with Crippen LogP contribution in [0.2, 0.25) is 0 Å². The molecule has 2 aliphatic rings. The second-order valence-electron chi connectivity index (χ2n) is 7.27. The van der Waals surface area contributed by atoms with Crippen LogP contribution >= 0.6 is 0 Å². The van der Waals surface area contributed by atoms with Gasteiger partial charge in [-0.15, -0.1) is 0 Å². The van der Waals surface area contributed by atoms with Crippen molar-refractivity contribution in [3.05, 3.63) is 29.8 Å². The topological polar surface area (TPSA) is 91.0 Å². The van der Waals surface area contributed by atoms with Crippen molar-refractivity contribution in [2.45, 2.75) is 25.0 Å². The Morgan fingerprint density at radius 3 is 2.85 bits per heavy atom. The largest absolute Gasteiger partial charge is 0.467 e. The number of carbonyl (C=O) groups is 3. The van der Waals surface area contributed by atoms with E-state index in [2.05, 4.69) is 10.6 Å². The lowest BCUT2D eigenvalue weighted by molar-refractivity contribution is -0.135. The number of nitrogens with one attached hydrogen (secondary N) is 2. The van der Waals surface area contributed by atoms with Gasteiger partial charge < -0.3 is 25.2 Å². The predicted molar refractivity (Wildman–Crippen MR) is 99.3 cm³/mol. The van der Waals surface area contributed by atoms with E-state index in [9.17, 15) is 14.4 Å². The maximum atomic E-state index is 12.5. The number of likely N-dealkylation sites (tertiary alicyclic amines) is 1. The Balaban J connectivity index is 1.62. The zero-order valence-electron chi connectivity index (χ0n) is 15.8. The minimum absolute atomic E-state index is 0.0207. The third-order valence-electron chi connectivity index (χ3n) is 4.87. The third-order valence-corrected chi connectivity index (χ3v) is 4.87. The summed E-state index contributed by atoms with van der Waals surface area (Å²) in [4.78, 5) is 40.5. The molecule has 2 aliphatic heterocycles. The summed E-state index contributed by atoms with van der Waals surface area (Å²) in [5.74, 6) is 0.0502. The van der Waals surface area contributed by atoms with E-state index in [1.54, 1.807) is 18.2 Å². The molecule has 27 heavy (non-hydrogen) atoms. The number of para-hydroxylation sites is 1. The summed E-state index contributed by atoms with van der Waals surface area (Å²) in [6.45, 7) is 1.64. The number of hydrogen-bond acceptors (Lipinski definition) is 5. The second kappa shape index (κ2) is 7.96. The number of ether oxygens (including phenoxy) is 1. The van der Waals surface area contributed by atoms with Crippen LogP contribution in [0.15, 0.2) is 24.3 Å². The van der Waals surface area contributed by atoms with Crippen LogP contribution in [0, 0.1) is 0 Å². The first-order chi connectivity index (χ1) is 12.9. The van der Waals surface area contributed by atoms with Crippen molar-refractivity contribution in [2.75, 3.05) is 40.3 Å². The number of nitrogens with zero attached hydrogens (tertiary/aromatic N) is 2. The van der Waals surface area contributed by atoms with Crippen molar-refractivity contribution >= 4 is 17.7 Å². The van der Waals surface area contributed by atoms with Crippen LogP contribution in [0.5, 0.6) is 5.75 Å². The summed E-state index contributed by atoms with van der Waals surface area (Å²) in [6, 6.07) is 7.08. The predicted octanol–water partition coefficient (Wildman–Crippen LogP) is 0.195. The van der Waals surface area contributed by atoms with E-state index in [1.807, 2.05) is 25.1 Å². The summed E-state index contributed by atoms with van der Waals surface area (Å²) in [7, 11) is 3.86. The fraction of sp³-hybridized carbons (Fsp3) is 0.526. The zero-order chi connectivity index (χ0) is 19.4. The molecule has 1 atom stereocenters. The van der Waals surface area contributed by atoms with Crippen LogP contribution in [0.4, 0.5) is 0 Å².